The van der Waals surface area contributed by atoms with Gasteiger partial charge >= 0.3 is 5.97 Å². The topological polar surface area (TPSA) is 35.5 Å². The molecule has 0 saturated carbocycles. The summed E-state index contributed by atoms with van der Waals surface area (Å²) < 4.78 is 10.7. The van der Waals surface area contributed by atoms with Crippen molar-refractivity contribution >= 4 is 5.97 Å². The zero-order chi connectivity index (χ0) is 18.4. The second-order valence-electron chi connectivity index (χ2n) is 7.18. The fourth-order valence-corrected chi connectivity index (χ4v) is 2.95. The highest BCUT2D eigenvalue weighted by Gasteiger charge is 2.02. The van der Waals surface area contributed by atoms with E-state index in [2.05, 4.69) is 13.8 Å². The quantitative estimate of drug-likeness (QED) is 0.177. The maximum Gasteiger partial charge on any atom is 0.305 e. The van der Waals surface area contributed by atoms with Crippen molar-refractivity contribution in [1.29, 1.82) is 0 Å². The van der Waals surface area contributed by atoms with Crippen molar-refractivity contribution in [3.8, 4) is 0 Å². The molecule has 0 N–H and O–H groups in total. The van der Waals surface area contributed by atoms with Gasteiger partial charge in [-0.2, -0.15) is 0 Å². The average molecular weight is 357 g/mol. The Hall–Kier alpha value is -0.570. The Bertz CT molecular complexity index is 266. The van der Waals surface area contributed by atoms with Crippen LogP contribution in [-0.4, -0.2) is 25.8 Å². The molecule has 150 valence electrons. The third kappa shape index (κ3) is 21.4. The van der Waals surface area contributed by atoms with Crippen LogP contribution in [0.5, 0.6) is 0 Å². The third-order valence-electron chi connectivity index (χ3n) is 4.62. The highest BCUT2D eigenvalue weighted by Crippen LogP contribution is 2.09. The molecule has 0 aromatic rings. The lowest BCUT2D eigenvalue weighted by Crippen LogP contribution is -2.10. The Morgan fingerprint density at radius 3 is 1.60 bits per heavy atom. The van der Waals surface area contributed by atoms with Crippen molar-refractivity contribution in [3.05, 3.63) is 0 Å². The molecule has 3 nitrogen and oxygen atoms in total. The van der Waals surface area contributed by atoms with Crippen molar-refractivity contribution < 1.29 is 14.3 Å². The predicted octanol–water partition coefficient (Wildman–Crippen LogP) is 6.83. The number of ether oxygens (including phenoxy) is 2. The van der Waals surface area contributed by atoms with Crippen molar-refractivity contribution in [3.63, 3.8) is 0 Å². The molecule has 0 atom stereocenters. The van der Waals surface area contributed by atoms with E-state index in [1.165, 1.54) is 77.0 Å². The lowest BCUT2D eigenvalue weighted by atomic mass is 10.1. The van der Waals surface area contributed by atoms with Gasteiger partial charge in [0.1, 0.15) is 6.61 Å². The first-order chi connectivity index (χ1) is 12.3. The van der Waals surface area contributed by atoms with E-state index in [1.807, 2.05) is 0 Å². The molecule has 0 aliphatic rings. The first-order valence-corrected chi connectivity index (χ1v) is 11.0. The molecular weight excluding hydrogens is 312 g/mol. The molecule has 0 radical (unpaired) electrons. The van der Waals surface area contributed by atoms with E-state index >= 15 is 0 Å². The molecular formula is C22H44O3. The molecule has 0 saturated heterocycles. The first-order valence-electron chi connectivity index (χ1n) is 11.0. The number of carbonyl (C=O) groups is 1. The molecule has 0 rings (SSSR count). The summed E-state index contributed by atoms with van der Waals surface area (Å²) in [7, 11) is 0. The Labute approximate surface area is 157 Å². The van der Waals surface area contributed by atoms with E-state index < -0.39 is 0 Å². The zero-order valence-corrected chi connectivity index (χ0v) is 17.2. The standard InChI is InChI=1S/C22H44O3/c1-3-5-7-9-11-13-15-17-19-24-20-21-25-22(23)18-16-14-12-10-8-6-4-2/h3-21H2,1-2H3. The van der Waals surface area contributed by atoms with Gasteiger partial charge in [0.2, 0.25) is 0 Å². The van der Waals surface area contributed by atoms with E-state index in [0.29, 0.717) is 19.6 Å². The largest absolute Gasteiger partial charge is 0.463 e. The molecule has 0 bridgehead atoms. The minimum atomic E-state index is -0.0655. The molecule has 0 aliphatic heterocycles. The lowest BCUT2D eigenvalue weighted by Gasteiger charge is -2.06. The van der Waals surface area contributed by atoms with Crippen LogP contribution in [0.3, 0.4) is 0 Å². The highest BCUT2D eigenvalue weighted by molar-refractivity contribution is 5.69. The van der Waals surface area contributed by atoms with Gasteiger partial charge in [0.25, 0.3) is 0 Å². The number of hydrogen-bond acceptors (Lipinski definition) is 3. The molecule has 0 aromatic heterocycles. The zero-order valence-electron chi connectivity index (χ0n) is 17.2. The van der Waals surface area contributed by atoms with E-state index in [4.69, 9.17) is 9.47 Å². The SMILES string of the molecule is CCCCCCCCCCOCCOC(=O)CCCCCCCCC. The summed E-state index contributed by atoms with van der Waals surface area (Å²) in [5, 5.41) is 0. The van der Waals surface area contributed by atoms with E-state index in [0.717, 1.165) is 25.9 Å². The number of rotatable bonds is 20. The molecule has 0 fully saturated rings. The fourth-order valence-electron chi connectivity index (χ4n) is 2.95. The van der Waals surface area contributed by atoms with Crippen molar-refractivity contribution in [2.45, 2.75) is 117 Å². The lowest BCUT2D eigenvalue weighted by molar-refractivity contribution is -0.145. The second kappa shape index (κ2) is 21.5. The maximum absolute atomic E-state index is 11.6. The van der Waals surface area contributed by atoms with Crippen LogP contribution in [0.25, 0.3) is 0 Å². The second-order valence-corrected chi connectivity index (χ2v) is 7.18. The number of unbranched alkanes of at least 4 members (excludes halogenated alkanes) is 13. The van der Waals surface area contributed by atoms with Gasteiger partial charge in [-0.25, -0.2) is 0 Å². The van der Waals surface area contributed by atoms with Crippen molar-refractivity contribution in [1.82, 2.24) is 0 Å². The van der Waals surface area contributed by atoms with Gasteiger partial charge in [0, 0.05) is 13.0 Å². The molecule has 25 heavy (non-hydrogen) atoms. The molecule has 3 heteroatoms. The average Bonchev–Trinajstić information content (AvgIpc) is 2.62. The van der Waals surface area contributed by atoms with Crippen LogP contribution in [0, 0.1) is 0 Å². The Kier molecular flexibility index (Phi) is 21.0. The summed E-state index contributed by atoms with van der Waals surface area (Å²) in [6, 6.07) is 0. The summed E-state index contributed by atoms with van der Waals surface area (Å²) in [6.07, 6.45) is 19.7. The molecule has 0 amide bonds. The normalized spacial score (nSPS) is 11.0. The highest BCUT2D eigenvalue weighted by atomic mass is 16.6. The summed E-state index contributed by atoms with van der Waals surface area (Å²) in [4.78, 5) is 11.6. The predicted molar refractivity (Wildman–Crippen MR) is 107 cm³/mol. The van der Waals surface area contributed by atoms with Gasteiger partial charge < -0.3 is 9.47 Å². The Morgan fingerprint density at radius 1 is 0.560 bits per heavy atom. The van der Waals surface area contributed by atoms with Crippen LogP contribution >= 0.6 is 0 Å². The minimum Gasteiger partial charge on any atom is -0.463 e. The van der Waals surface area contributed by atoms with Gasteiger partial charge in [-0.3, -0.25) is 4.79 Å². The molecule has 0 spiro atoms. The van der Waals surface area contributed by atoms with Gasteiger partial charge in [-0.05, 0) is 12.8 Å². The van der Waals surface area contributed by atoms with E-state index in [-0.39, 0.29) is 5.97 Å². The molecule has 0 unspecified atom stereocenters. The number of hydrogen-bond donors (Lipinski definition) is 0. The molecule has 0 aliphatic carbocycles. The summed E-state index contributed by atoms with van der Waals surface area (Å²) in [5.41, 5.74) is 0. The fraction of sp³-hybridized carbons (Fsp3) is 0.955. The third-order valence-corrected chi connectivity index (χ3v) is 4.62. The summed E-state index contributed by atoms with van der Waals surface area (Å²) >= 11 is 0. The van der Waals surface area contributed by atoms with Crippen molar-refractivity contribution in [2.24, 2.45) is 0 Å². The first kappa shape index (κ1) is 24.4. The summed E-state index contributed by atoms with van der Waals surface area (Å²) in [6.45, 7) is 6.23. The van der Waals surface area contributed by atoms with Gasteiger partial charge in [-0.15, -0.1) is 0 Å². The van der Waals surface area contributed by atoms with E-state index in [1.54, 1.807) is 0 Å². The van der Waals surface area contributed by atoms with Crippen LogP contribution in [-0.2, 0) is 14.3 Å². The number of carbonyl (C=O) groups excluding carboxylic acids is 1. The van der Waals surface area contributed by atoms with Crippen LogP contribution in [0.1, 0.15) is 117 Å². The number of esters is 1. The Morgan fingerprint density at radius 2 is 1.04 bits per heavy atom. The van der Waals surface area contributed by atoms with Crippen LogP contribution in [0.15, 0.2) is 0 Å². The molecule has 0 aromatic carbocycles. The Balaban J connectivity index is 3.12. The summed E-state index contributed by atoms with van der Waals surface area (Å²) in [5.74, 6) is -0.0655. The van der Waals surface area contributed by atoms with Gasteiger partial charge in [0.15, 0.2) is 0 Å². The van der Waals surface area contributed by atoms with Gasteiger partial charge in [-0.1, -0.05) is 97.3 Å². The monoisotopic (exact) mass is 356 g/mol. The van der Waals surface area contributed by atoms with Crippen LogP contribution in [0.2, 0.25) is 0 Å². The van der Waals surface area contributed by atoms with Crippen LogP contribution in [0.4, 0.5) is 0 Å². The van der Waals surface area contributed by atoms with E-state index in [9.17, 15) is 4.79 Å². The van der Waals surface area contributed by atoms with Crippen molar-refractivity contribution in [2.75, 3.05) is 19.8 Å². The maximum atomic E-state index is 11.6. The minimum absolute atomic E-state index is 0.0655. The van der Waals surface area contributed by atoms with Crippen LogP contribution < -0.4 is 0 Å². The smallest absolute Gasteiger partial charge is 0.305 e. The van der Waals surface area contributed by atoms with Gasteiger partial charge in [0.05, 0.1) is 6.61 Å². The molecule has 0 heterocycles.